The maximum Gasteiger partial charge on any atom is 0.104 e. The minimum absolute atomic E-state index is 0.00822. The summed E-state index contributed by atoms with van der Waals surface area (Å²) in [6.07, 6.45) is 1.38. The molecule has 1 fully saturated rings. The Morgan fingerprint density at radius 1 is 1.80 bits per heavy atom. The van der Waals surface area contributed by atoms with Crippen molar-refractivity contribution >= 4 is 9.92 Å². The van der Waals surface area contributed by atoms with Crippen molar-refractivity contribution in [2.45, 2.75) is 0 Å². The maximum absolute atomic E-state index is 10.9. The van der Waals surface area contributed by atoms with Crippen molar-refractivity contribution in [3.05, 3.63) is 0 Å². The molecule has 0 saturated carbocycles. The van der Waals surface area contributed by atoms with E-state index in [9.17, 15) is 4.21 Å². The highest BCUT2D eigenvalue weighted by molar-refractivity contribution is 7.89. The smallest absolute Gasteiger partial charge is 0.104 e. The zero-order valence-corrected chi connectivity index (χ0v) is 6.52. The molecule has 1 saturated heterocycles. The van der Waals surface area contributed by atoms with Gasteiger partial charge in [0.15, 0.2) is 0 Å². The molecule has 1 aliphatic heterocycles. The van der Waals surface area contributed by atoms with Crippen LogP contribution in [0.2, 0.25) is 0 Å². The van der Waals surface area contributed by atoms with E-state index in [-0.39, 0.29) is 5.92 Å². The van der Waals surface area contributed by atoms with Crippen LogP contribution in [0.25, 0.3) is 0 Å². The van der Waals surface area contributed by atoms with Crippen molar-refractivity contribution in [1.29, 1.82) is 10.0 Å². The second-order valence-corrected chi connectivity index (χ2v) is 4.60. The van der Waals surface area contributed by atoms with Crippen LogP contribution >= 0.6 is 0 Å². The van der Waals surface area contributed by atoms with Crippen molar-refractivity contribution in [2.24, 2.45) is 5.92 Å². The first-order valence-corrected chi connectivity index (χ1v) is 4.85. The number of rotatable bonds is 1. The fourth-order valence-corrected chi connectivity index (χ4v) is 1.73. The highest BCUT2D eigenvalue weighted by Gasteiger charge is 2.30. The lowest BCUT2D eigenvalue weighted by atomic mass is 10.1. The third-order valence-corrected chi connectivity index (χ3v) is 2.81. The molecule has 10 heavy (non-hydrogen) atoms. The largest absolute Gasteiger partial charge is 0.240 e. The number of nitrogens with zero attached hydrogens (tertiary/aromatic N) is 2. The Balaban J connectivity index is 2.50. The second kappa shape index (κ2) is 2.22. The van der Waals surface area contributed by atoms with E-state index < -0.39 is 9.92 Å². The van der Waals surface area contributed by atoms with E-state index in [2.05, 4.69) is 6.07 Å². The summed E-state index contributed by atoms with van der Waals surface area (Å²) in [7, 11) is -2.53. The van der Waals surface area contributed by atoms with Gasteiger partial charge in [-0.3, -0.25) is 0 Å². The van der Waals surface area contributed by atoms with Crippen molar-refractivity contribution in [3.8, 4) is 6.07 Å². The molecule has 0 aliphatic carbocycles. The molecule has 0 aromatic rings. The molecule has 4 nitrogen and oxygen atoms in total. The molecule has 1 heterocycles. The van der Waals surface area contributed by atoms with E-state index in [1.54, 1.807) is 0 Å². The normalized spacial score (nSPS) is 26.4. The molecule has 1 rings (SSSR count). The van der Waals surface area contributed by atoms with Gasteiger partial charge in [-0.2, -0.15) is 5.26 Å². The predicted molar refractivity (Wildman–Crippen MR) is 37.5 cm³/mol. The zero-order chi connectivity index (χ0) is 7.78. The summed E-state index contributed by atoms with van der Waals surface area (Å²) in [5, 5.41) is 8.34. The fourth-order valence-electron chi connectivity index (χ4n) is 0.804. The summed E-state index contributed by atoms with van der Waals surface area (Å²) in [6.45, 7) is 0.991. The predicted octanol–water partition coefficient (Wildman–Crippen LogP) is 0.0333. The molecule has 1 aliphatic rings. The van der Waals surface area contributed by atoms with Crippen LogP contribution in [0.1, 0.15) is 0 Å². The molecule has 0 bridgehead atoms. The van der Waals surface area contributed by atoms with Crippen LogP contribution in [-0.2, 0) is 9.92 Å². The summed E-state index contributed by atoms with van der Waals surface area (Å²) in [5.74, 6) is -0.00822. The molecule has 0 radical (unpaired) electrons. The number of nitriles is 1. The van der Waals surface area contributed by atoms with Crippen LogP contribution in [0.4, 0.5) is 0 Å². The molecular formula is C5H9N3OS. The highest BCUT2D eigenvalue weighted by atomic mass is 32.2. The minimum Gasteiger partial charge on any atom is -0.240 e. The van der Waals surface area contributed by atoms with Gasteiger partial charge in [-0.15, -0.1) is 0 Å². The van der Waals surface area contributed by atoms with E-state index in [4.69, 9.17) is 10.0 Å². The van der Waals surface area contributed by atoms with E-state index >= 15 is 0 Å². The van der Waals surface area contributed by atoms with Gasteiger partial charge in [0.05, 0.1) is 12.0 Å². The third-order valence-electron chi connectivity index (χ3n) is 1.52. The Morgan fingerprint density at radius 3 is 2.60 bits per heavy atom. The first-order chi connectivity index (χ1) is 4.54. The van der Waals surface area contributed by atoms with Crippen LogP contribution in [0.5, 0.6) is 0 Å². The van der Waals surface area contributed by atoms with Gasteiger partial charge >= 0.3 is 0 Å². The topological polar surface area (TPSA) is 68.0 Å². The molecule has 0 amide bonds. The number of nitrogens with one attached hydrogen (secondary N) is 1. The van der Waals surface area contributed by atoms with Crippen LogP contribution < -0.4 is 0 Å². The standard InChI is InChI=1S/C5H9N3OS/c1-10(7,9)8-3-5(2-6)4-8/h5,7H,3-4H2,1H3. The lowest BCUT2D eigenvalue weighted by Gasteiger charge is -2.34. The third kappa shape index (κ3) is 1.28. The molecule has 1 atom stereocenters. The Hall–Kier alpha value is -0.600. The first kappa shape index (κ1) is 7.51. The zero-order valence-electron chi connectivity index (χ0n) is 5.70. The van der Waals surface area contributed by atoms with E-state index in [1.165, 1.54) is 10.6 Å². The average Bonchev–Trinajstić information content (AvgIpc) is 1.57. The first-order valence-electron chi connectivity index (χ1n) is 2.92. The number of hydrogen-bond donors (Lipinski definition) is 1. The van der Waals surface area contributed by atoms with Crippen molar-refractivity contribution in [1.82, 2.24) is 4.31 Å². The van der Waals surface area contributed by atoms with Gasteiger partial charge in [-0.05, 0) is 0 Å². The lowest BCUT2D eigenvalue weighted by molar-refractivity contribution is 0.259. The molecule has 0 spiro atoms. The minimum atomic E-state index is -2.53. The highest BCUT2D eigenvalue weighted by Crippen LogP contribution is 2.17. The Morgan fingerprint density at radius 2 is 2.30 bits per heavy atom. The molecule has 1 N–H and O–H groups in total. The Bertz CT molecular complexity index is 257. The van der Waals surface area contributed by atoms with Gasteiger partial charge in [-0.25, -0.2) is 13.3 Å². The van der Waals surface area contributed by atoms with Gasteiger partial charge in [-0.1, -0.05) is 0 Å². The Kier molecular flexibility index (Phi) is 1.67. The summed E-state index contributed by atoms with van der Waals surface area (Å²) in [4.78, 5) is 0. The van der Waals surface area contributed by atoms with Crippen molar-refractivity contribution < 1.29 is 4.21 Å². The SMILES string of the molecule is CS(=N)(=O)N1CC(C#N)C1. The Labute approximate surface area is 60.5 Å². The van der Waals surface area contributed by atoms with Crippen LogP contribution in [0.3, 0.4) is 0 Å². The summed E-state index contributed by atoms with van der Waals surface area (Å²) < 4.78 is 19.5. The van der Waals surface area contributed by atoms with Gasteiger partial charge in [0.25, 0.3) is 0 Å². The summed E-state index contributed by atoms with van der Waals surface area (Å²) in [6, 6.07) is 2.05. The molecule has 56 valence electrons. The quantitative estimate of drug-likeness (QED) is 0.586. The van der Waals surface area contributed by atoms with Crippen LogP contribution in [0.15, 0.2) is 0 Å². The molecule has 0 aromatic heterocycles. The van der Waals surface area contributed by atoms with Crippen LogP contribution in [-0.4, -0.2) is 27.9 Å². The monoisotopic (exact) mass is 159 g/mol. The maximum atomic E-state index is 10.9. The molecule has 5 heteroatoms. The summed E-state index contributed by atoms with van der Waals surface area (Å²) >= 11 is 0. The van der Waals surface area contributed by atoms with Gasteiger partial charge in [0.1, 0.15) is 9.92 Å². The molecule has 0 aromatic carbocycles. The van der Waals surface area contributed by atoms with Crippen molar-refractivity contribution in [3.63, 3.8) is 0 Å². The van der Waals surface area contributed by atoms with Gasteiger partial charge in [0.2, 0.25) is 0 Å². The van der Waals surface area contributed by atoms with Crippen LogP contribution in [0, 0.1) is 22.0 Å². The second-order valence-electron chi connectivity index (χ2n) is 2.48. The number of hydrogen-bond acceptors (Lipinski definition) is 3. The fraction of sp³-hybridized carbons (Fsp3) is 0.800. The van der Waals surface area contributed by atoms with E-state index in [0.29, 0.717) is 13.1 Å². The molecular weight excluding hydrogens is 150 g/mol. The summed E-state index contributed by atoms with van der Waals surface area (Å²) in [5.41, 5.74) is 0. The van der Waals surface area contributed by atoms with Gasteiger partial charge < -0.3 is 0 Å². The average molecular weight is 159 g/mol. The van der Waals surface area contributed by atoms with Gasteiger partial charge in [0, 0.05) is 19.3 Å². The lowest BCUT2D eigenvalue weighted by Crippen LogP contribution is -2.48. The van der Waals surface area contributed by atoms with E-state index in [0.717, 1.165) is 0 Å². The molecule has 1 unspecified atom stereocenters. The van der Waals surface area contributed by atoms with E-state index in [1.807, 2.05) is 0 Å². The van der Waals surface area contributed by atoms with Crippen molar-refractivity contribution in [2.75, 3.05) is 19.3 Å².